The fourth-order valence-electron chi connectivity index (χ4n) is 3.42. The zero-order valence-corrected chi connectivity index (χ0v) is 21.2. The number of nitrogens with zero attached hydrogens (tertiary/aromatic N) is 2. The second-order valence-electron chi connectivity index (χ2n) is 9.15. The summed E-state index contributed by atoms with van der Waals surface area (Å²) < 4.78 is 30.8. The third-order valence-corrected chi connectivity index (χ3v) is 6.58. The Morgan fingerprint density at radius 3 is 2.15 bits per heavy atom. The van der Waals surface area contributed by atoms with Gasteiger partial charge in [0.15, 0.2) is 0 Å². The molecule has 0 bridgehead atoms. The largest absolute Gasteiger partial charge is 0.332 e. The van der Waals surface area contributed by atoms with E-state index in [1.165, 1.54) is 17.6 Å². The number of hydrogen-bond donors (Lipinski definition) is 1. The summed E-state index contributed by atoms with van der Waals surface area (Å²) in [6.45, 7) is 8.26. The predicted molar refractivity (Wildman–Crippen MR) is 131 cm³/mol. The second-order valence-corrected chi connectivity index (χ2v) is 9.94. The summed E-state index contributed by atoms with van der Waals surface area (Å²) in [5.74, 6) is -1.70. The fourth-order valence-corrected chi connectivity index (χ4v) is 3.83. The van der Waals surface area contributed by atoms with Crippen molar-refractivity contribution in [2.75, 3.05) is 5.32 Å². The van der Waals surface area contributed by atoms with E-state index in [0.717, 1.165) is 16.7 Å². The molecule has 0 aliphatic rings. The zero-order chi connectivity index (χ0) is 25.4. The Balaban J connectivity index is 2.02. The minimum Gasteiger partial charge on any atom is -0.326 e. The highest BCUT2D eigenvalue weighted by atomic mass is 79.9. The summed E-state index contributed by atoms with van der Waals surface area (Å²) in [6.07, 6.45) is 0. The second kappa shape index (κ2) is 9.66. The monoisotopic (exact) mass is 533 g/mol. The molecule has 0 aliphatic heterocycles. The number of hydrogen-bond acceptors (Lipinski definition) is 3. The normalized spacial score (nSPS) is 12.5. The van der Waals surface area contributed by atoms with Gasteiger partial charge in [0.2, 0.25) is 5.91 Å². The van der Waals surface area contributed by atoms with E-state index in [0.29, 0.717) is 11.3 Å². The van der Waals surface area contributed by atoms with Crippen LogP contribution in [0.5, 0.6) is 0 Å². The van der Waals surface area contributed by atoms with E-state index in [1.54, 1.807) is 52.0 Å². The van der Waals surface area contributed by atoms with Crippen molar-refractivity contribution in [1.29, 1.82) is 0 Å². The maximum Gasteiger partial charge on any atom is 0.332 e. The first-order chi connectivity index (χ1) is 15.8. The molecule has 3 rings (SSSR count). The van der Waals surface area contributed by atoms with E-state index < -0.39 is 34.3 Å². The third kappa shape index (κ3) is 5.04. The van der Waals surface area contributed by atoms with E-state index in [2.05, 4.69) is 21.2 Å². The van der Waals surface area contributed by atoms with Crippen molar-refractivity contribution in [2.45, 2.75) is 47.2 Å². The molecule has 0 saturated heterocycles. The first-order valence-corrected chi connectivity index (χ1v) is 11.5. The molecule has 2 aromatic carbocycles. The van der Waals surface area contributed by atoms with Crippen LogP contribution in [0.1, 0.15) is 50.6 Å². The van der Waals surface area contributed by atoms with Gasteiger partial charge in [-0.25, -0.2) is 13.6 Å². The Bertz CT molecular complexity index is 1340. The highest BCUT2D eigenvalue weighted by Crippen LogP contribution is 2.22. The lowest BCUT2D eigenvalue weighted by Gasteiger charge is -2.21. The molecule has 9 heteroatoms. The Morgan fingerprint density at radius 1 is 1.06 bits per heavy atom. The number of carbonyl (C=O) groups excluding carboxylic acids is 1. The van der Waals surface area contributed by atoms with Crippen LogP contribution in [-0.2, 0) is 11.3 Å². The van der Waals surface area contributed by atoms with Crippen molar-refractivity contribution in [3.8, 4) is 0 Å². The number of benzene rings is 2. The molecule has 34 heavy (non-hydrogen) atoms. The highest BCUT2D eigenvalue weighted by Gasteiger charge is 2.23. The lowest BCUT2D eigenvalue weighted by Crippen LogP contribution is -2.43. The number of halogens is 3. The van der Waals surface area contributed by atoms with Crippen LogP contribution in [-0.4, -0.2) is 15.0 Å². The van der Waals surface area contributed by atoms with E-state index in [1.807, 2.05) is 0 Å². The molecule has 0 spiro atoms. The van der Waals surface area contributed by atoms with Gasteiger partial charge in [0.05, 0.1) is 12.6 Å². The summed E-state index contributed by atoms with van der Waals surface area (Å²) in [7, 11) is 0. The van der Waals surface area contributed by atoms with E-state index in [-0.39, 0.29) is 28.2 Å². The first-order valence-electron chi connectivity index (χ1n) is 10.7. The zero-order valence-electron chi connectivity index (χ0n) is 19.6. The summed E-state index contributed by atoms with van der Waals surface area (Å²) in [5, 5.41) is 2.82. The van der Waals surface area contributed by atoms with E-state index >= 15 is 0 Å². The van der Waals surface area contributed by atoms with Crippen molar-refractivity contribution in [3.05, 3.63) is 96.2 Å². The molecular formula is C25H26BrF2N3O3. The molecule has 1 N–H and O–H groups in total. The Labute approximate surface area is 204 Å². The molecular weight excluding hydrogens is 508 g/mol. The number of anilines is 1. The van der Waals surface area contributed by atoms with Crippen molar-refractivity contribution in [3.63, 3.8) is 0 Å². The van der Waals surface area contributed by atoms with Gasteiger partial charge < -0.3 is 5.32 Å². The number of rotatable bonds is 5. The van der Waals surface area contributed by atoms with Gasteiger partial charge in [-0.05, 0) is 59.6 Å². The molecule has 0 saturated carbocycles. The average molecular weight is 534 g/mol. The molecule has 1 atom stereocenters. The van der Waals surface area contributed by atoms with Gasteiger partial charge in [-0.1, -0.05) is 39.0 Å². The van der Waals surface area contributed by atoms with Crippen molar-refractivity contribution in [1.82, 2.24) is 9.13 Å². The van der Waals surface area contributed by atoms with Gasteiger partial charge in [-0.3, -0.25) is 18.7 Å². The third-order valence-electron chi connectivity index (χ3n) is 5.66. The predicted octanol–water partition coefficient (Wildman–Crippen LogP) is 5.00. The molecule has 1 heterocycles. The molecule has 1 aromatic heterocycles. The molecule has 0 fully saturated rings. The van der Waals surface area contributed by atoms with Crippen LogP contribution in [0, 0.1) is 24.0 Å². The number of aromatic nitrogens is 2. The summed E-state index contributed by atoms with van der Waals surface area (Å²) in [6, 6.07) is 9.61. The molecule has 3 aromatic rings. The number of carbonyl (C=O) groups is 1. The Kier molecular flexibility index (Phi) is 7.26. The van der Waals surface area contributed by atoms with Crippen LogP contribution < -0.4 is 16.6 Å². The van der Waals surface area contributed by atoms with Gasteiger partial charge >= 0.3 is 5.69 Å². The van der Waals surface area contributed by atoms with Crippen LogP contribution in [0.15, 0.2) is 56.5 Å². The van der Waals surface area contributed by atoms with Gasteiger partial charge in [-0.15, -0.1) is 0 Å². The average Bonchev–Trinajstić information content (AvgIpc) is 2.77. The molecule has 0 radical (unpaired) electrons. The molecule has 180 valence electrons. The minimum atomic E-state index is -0.777. The van der Waals surface area contributed by atoms with Crippen LogP contribution in [0.25, 0.3) is 0 Å². The van der Waals surface area contributed by atoms with Gasteiger partial charge in [-0.2, -0.15) is 0 Å². The summed E-state index contributed by atoms with van der Waals surface area (Å²) in [4.78, 5) is 38.5. The van der Waals surface area contributed by atoms with Crippen LogP contribution in [0.3, 0.4) is 0 Å². The summed E-state index contributed by atoms with van der Waals surface area (Å²) >= 11 is 3.24. The van der Waals surface area contributed by atoms with E-state index in [4.69, 9.17) is 0 Å². The van der Waals surface area contributed by atoms with Crippen molar-refractivity contribution in [2.24, 2.45) is 5.41 Å². The molecule has 0 aliphatic carbocycles. The standard InChI is InChI=1S/C25H26BrF2N3O3/c1-14(16-9-11-17(12-10-16)29-23(33)25(3,4)5)31-22(32)21(26)15(2)30(24(31)34)13-18-19(27)7-6-8-20(18)28/h6-12,14H,13H2,1-5H3,(H,29,33)/t14-/m1/s1. The SMILES string of the molecule is Cc1c(Br)c(=O)n([C@H](C)c2ccc(NC(=O)C(C)(C)C)cc2)c(=O)n1Cc1c(F)cccc1F. The van der Waals surface area contributed by atoms with Gasteiger partial charge in [0.1, 0.15) is 16.1 Å². The maximum absolute atomic E-state index is 14.2. The van der Waals surface area contributed by atoms with Crippen LogP contribution >= 0.6 is 15.9 Å². The number of nitrogens with one attached hydrogen (secondary N) is 1. The Morgan fingerprint density at radius 2 is 1.62 bits per heavy atom. The lowest BCUT2D eigenvalue weighted by molar-refractivity contribution is -0.123. The topological polar surface area (TPSA) is 73.1 Å². The summed E-state index contributed by atoms with van der Waals surface area (Å²) in [5.41, 5.74) is -0.571. The van der Waals surface area contributed by atoms with Crippen LogP contribution in [0.2, 0.25) is 0 Å². The molecule has 0 unspecified atom stereocenters. The molecule has 1 amide bonds. The highest BCUT2D eigenvalue weighted by molar-refractivity contribution is 9.10. The van der Waals surface area contributed by atoms with E-state index in [9.17, 15) is 23.2 Å². The first kappa shape index (κ1) is 25.6. The number of amides is 1. The van der Waals surface area contributed by atoms with Crippen molar-refractivity contribution < 1.29 is 13.6 Å². The van der Waals surface area contributed by atoms with Gasteiger partial charge in [0.25, 0.3) is 5.56 Å². The van der Waals surface area contributed by atoms with Crippen LogP contribution in [0.4, 0.5) is 14.5 Å². The lowest BCUT2D eigenvalue weighted by atomic mass is 9.95. The smallest absolute Gasteiger partial charge is 0.326 e. The molecule has 6 nitrogen and oxygen atoms in total. The minimum absolute atomic E-state index is 0.129. The van der Waals surface area contributed by atoms with Gasteiger partial charge in [0, 0.05) is 22.4 Å². The quantitative estimate of drug-likeness (QED) is 0.501. The maximum atomic E-state index is 14.2. The Hall–Kier alpha value is -3.07. The fraction of sp³-hybridized carbons (Fsp3) is 0.320. The van der Waals surface area contributed by atoms with Crippen molar-refractivity contribution >= 4 is 27.5 Å².